The highest BCUT2D eigenvalue weighted by Crippen LogP contribution is 2.20. The zero-order chi connectivity index (χ0) is 18.4. The molecule has 0 radical (unpaired) electrons. The smallest absolute Gasteiger partial charge is 0.245 e. The first-order valence-corrected chi connectivity index (χ1v) is 8.62. The Hall–Kier alpha value is -2.73. The minimum atomic E-state index is -0.219. The summed E-state index contributed by atoms with van der Waals surface area (Å²) in [6.45, 7) is 1.04. The SMILES string of the molecule is COCC(=O)NCCCc1nc2ccccc2n1Cc1ccccc1F. The second kappa shape index (κ2) is 8.58. The highest BCUT2D eigenvalue weighted by molar-refractivity contribution is 5.77. The van der Waals surface area contributed by atoms with Crippen molar-refractivity contribution < 1.29 is 13.9 Å². The highest BCUT2D eigenvalue weighted by atomic mass is 19.1. The quantitative estimate of drug-likeness (QED) is 0.632. The first-order valence-electron chi connectivity index (χ1n) is 8.62. The zero-order valence-corrected chi connectivity index (χ0v) is 14.7. The van der Waals surface area contributed by atoms with E-state index in [2.05, 4.69) is 5.32 Å². The Balaban J connectivity index is 1.77. The standard InChI is InChI=1S/C20H22FN3O2/c1-26-14-20(25)22-12-6-11-19-23-17-9-4-5-10-18(17)24(19)13-15-7-2-3-8-16(15)21/h2-5,7-10H,6,11-14H2,1H3,(H,22,25). The maximum atomic E-state index is 14.1. The van der Waals surface area contributed by atoms with Crippen LogP contribution in [-0.4, -0.2) is 35.7 Å². The number of benzene rings is 2. The van der Waals surface area contributed by atoms with Gasteiger partial charge in [0.15, 0.2) is 0 Å². The Bertz CT molecular complexity index is 892. The lowest BCUT2D eigenvalue weighted by molar-refractivity contribution is -0.124. The molecule has 1 aromatic heterocycles. The number of hydrogen-bond acceptors (Lipinski definition) is 3. The summed E-state index contributed by atoms with van der Waals surface area (Å²) in [5.41, 5.74) is 2.50. The summed E-state index contributed by atoms with van der Waals surface area (Å²) in [6.07, 6.45) is 1.44. The average molecular weight is 355 g/mol. The number of rotatable bonds is 8. The van der Waals surface area contributed by atoms with Gasteiger partial charge in [-0.15, -0.1) is 0 Å². The molecule has 0 bridgehead atoms. The summed E-state index contributed by atoms with van der Waals surface area (Å²) >= 11 is 0. The number of carbonyl (C=O) groups excluding carboxylic acids is 1. The van der Waals surface area contributed by atoms with E-state index in [1.54, 1.807) is 12.1 Å². The number of nitrogens with zero attached hydrogens (tertiary/aromatic N) is 2. The molecule has 136 valence electrons. The number of imidazole rings is 1. The van der Waals surface area contributed by atoms with Crippen molar-refractivity contribution in [1.29, 1.82) is 0 Å². The predicted molar refractivity (Wildman–Crippen MR) is 98.4 cm³/mol. The van der Waals surface area contributed by atoms with Gasteiger partial charge in [0.05, 0.1) is 17.6 Å². The fourth-order valence-electron chi connectivity index (χ4n) is 2.95. The number of fused-ring (bicyclic) bond motifs is 1. The molecule has 1 N–H and O–H groups in total. The summed E-state index contributed by atoms with van der Waals surface area (Å²) in [5, 5.41) is 2.80. The van der Waals surface area contributed by atoms with Crippen LogP contribution in [0.3, 0.4) is 0 Å². The number of halogens is 1. The highest BCUT2D eigenvalue weighted by Gasteiger charge is 2.12. The van der Waals surface area contributed by atoms with E-state index in [0.29, 0.717) is 25.1 Å². The molecule has 0 atom stereocenters. The molecule has 5 nitrogen and oxygen atoms in total. The van der Waals surface area contributed by atoms with E-state index in [4.69, 9.17) is 9.72 Å². The third-order valence-electron chi connectivity index (χ3n) is 4.19. The third kappa shape index (κ3) is 4.26. The monoisotopic (exact) mass is 355 g/mol. The molecule has 1 amide bonds. The van der Waals surface area contributed by atoms with Crippen molar-refractivity contribution in [2.24, 2.45) is 0 Å². The first-order chi connectivity index (χ1) is 12.7. The predicted octanol–water partition coefficient (Wildman–Crippen LogP) is 2.92. The van der Waals surface area contributed by atoms with Crippen LogP contribution in [0.15, 0.2) is 48.5 Å². The van der Waals surface area contributed by atoms with Crippen LogP contribution in [0, 0.1) is 5.82 Å². The second-order valence-electron chi connectivity index (χ2n) is 6.08. The van der Waals surface area contributed by atoms with Gasteiger partial charge in [0, 0.05) is 25.6 Å². The van der Waals surface area contributed by atoms with Gasteiger partial charge < -0.3 is 14.6 Å². The van der Waals surface area contributed by atoms with Gasteiger partial charge in [-0.2, -0.15) is 0 Å². The zero-order valence-electron chi connectivity index (χ0n) is 14.7. The Morgan fingerprint density at radius 2 is 1.96 bits per heavy atom. The molecule has 0 spiro atoms. The molecule has 6 heteroatoms. The van der Waals surface area contributed by atoms with Crippen molar-refractivity contribution in [1.82, 2.24) is 14.9 Å². The van der Waals surface area contributed by atoms with Crippen LogP contribution in [0.1, 0.15) is 17.8 Å². The largest absolute Gasteiger partial charge is 0.375 e. The molecule has 3 aromatic rings. The van der Waals surface area contributed by atoms with E-state index in [0.717, 1.165) is 23.3 Å². The summed E-state index contributed by atoms with van der Waals surface area (Å²) in [6, 6.07) is 14.6. The van der Waals surface area contributed by atoms with Crippen molar-refractivity contribution in [3.8, 4) is 0 Å². The van der Waals surface area contributed by atoms with Crippen molar-refractivity contribution in [2.45, 2.75) is 19.4 Å². The molecule has 3 rings (SSSR count). The Labute approximate surface area is 151 Å². The number of carbonyl (C=O) groups is 1. The van der Waals surface area contributed by atoms with Crippen LogP contribution in [0.2, 0.25) is 0 Å². The third-order valence-corrected chi connectivity index (χ3v) is 4.19. The number of nitrogens with one attached hydrogen (secondary N) is 1. The molecular formula is C20H22FN3O2. The Morgan fingerprint density at radius 3 is 2.77 bits per heavy atom. The molecule has 0 aliphatic carbocycles. The molecular weight excluding hydrogens is 333 g/mol. The summed E-state index contributed by atoms with van der Waals surface area (Å²) in [7, 11) is 1.49. The number of hydrogen-bond donors (Lipinski definition) is 1. The van der Waals surface area contributed by atoms with Crippen LogP contribution >= 0.6 is 0 Å². The minimum absolute atomic E-state index is 0.0613. The fraction of sp³-hybridized carbons (Fsp3) is 0.300. The van der Waals surface area contributed by atoms with E-state index in [-0.39, 0.29) is 18.3 Å². The number of aromatic nitrogens is 2. The number of amides is 1. The molecule has 0 fully saturated rings. The van der Waals surface area contributed by atoms with Crippen LogP contribution in [0.25, 0.3) is 11.0 Å². The van der Waals surface area contributed by atoms with Crippen LogP contribution in [0.5, 0.6) is 0 Å². The fourth-order valence-corrected chi connectivity index (χ4v) is 2.95. The van der Waals surface area contributed by atoms with Crippen LogP contribution < -0.4 is 5.32 Å². The summed E-state index contributed by atoms with van der Waals surface area (Å²) in [4.78, 5) is 16.1. The average Bonchev–Trinajstić information content (AvgIpc) is 2.98. The van der Waals surface area contributed by atoms with Gasteiger partial charge in [0.1, 0.15) is 18.2 Å². The van der Waals surface area contributed by atoms with Crippen molar-refractivity contribution in [3.05, 3.63) is 65.7 Å². The number of ether oxygens (including phenoxy) is 1. The number of aryl methyl sites for hydroxylation is 1. The van der Waals surface area contributed by atoms with Crippen molar-refractivity contribution in [3.63, 3.8) is 0 Å². The van der Waals surface area contributed by atoms with Crippen molar-refractivity contribution >= 4 is 16.9 Å². The maximum absolute atomic E-state index is 14.1. The topological polar surface area (TPSA) is 56.1 Å². The number of para-hydroxylation sites is 2. The van der Waals surface area contributed by atoms with Gasteiger partial charge in [-0.25, -0.2) is 9.37 Å². The van der Waals surface area contributed by atoms with E-state index < -0.39 is 0 Å². The maximum Gasteiger partial charge on any atom is 0.245 e. The lowest BCUT2D eigenvalue weighted by Crippen LogP contribution is -2.28. The number of methoxy groups -OCH3 is 1. The summed E-state index contributed by atoms with van der Waals surface area (Å²) in [5.74, 6) is 0.533. The van der Waals surface area contributed by atoms with Gasteiger partial charge in [-0.1, -0.05) is 30.3 Å². The van der Waals surface area contributed by atoms with E-state index >= 15 is 0 Å². The van der Waals surface area contributed by atoms with E-state index in [1.807, 2.05) is 34.9 Å². The van der Waals surface area contributed by atoms with Crippen molar-refractivity contribution in [2.75, 3.05) is 20.3 Å². The molecule has 26 heavy (non-hydrogen) atoms. The van der Waals surface area contributed by atoms with E-state index in [1.165, 1.54) is 13.2 Å². The van der Waals surface area contributed by atoms with Crippen LogP contribution in [-0.2, 0) is 22.5 Å². The first kappa shape index (κ1) is 18.1. The second-order valence-corrected chi connectivity index (χ2v) is 6.08. The van der Waals surface area contributed by atoms with Gasteiger partial charge in [-0.05, 0) is 24.6 Å². The van der Waals surface area contributed by atoms with Crippen LogP contribution in [0.4, 0.5) is 4.39 Å². The lowest BCUT2D eigenvalue weighted by atomic mass is 10.2. The Morgan fingerprint density at radius 1 is 1.19 bits per heavy atom. The molecule has 0 aliphatic heterocycles. The van der Waals surface area contributed by atoms with Gasteiger partial charge in [0.2, 0.25) is 5.91 Å². The van der Waals surface area contributed by atoms with Gasteiger partial charge in [0.25, 0.3) is 0 Å². The molecule has 0 unspecified atom stereocenters. The molecule has 0 saturated heterocycles. The normalized spacial score (nSPS) is 11.0. The Kier molecular flexibility index (Phi) is 5.96. The lowest BCUT2D eigenvalue weighted by Gasteiger charge is -2.10. The van der Waals surface area contributed by atoms with Gasteiger partial charge in [-0.3, -0.25) is 4.79 Å². The van der Waals surface area contributed by atoms with E-state index in [9.17, 15) is 9.18 Å². The summed E-state index contributed by atoms with van der Waals surface area (Å²) < 4.78 is 20.9. The van der Waals surface area contributed by atoms with Gasteiger partial charge >= 0.3 is 0 Å². The molecule has 2 aromatic carbocycles. The molecule has 0 saturated carbocycles. The molecule has 0 aliphatic rings. The minimum Gasteiger partial charge on any atom is -0.375 e. The molecule has 1 heterocycles.